The van der Waals surface area contributed by atoms with Crippen LogP contribution in [0.5, 0.6) is 0 Å². The Hall–Kier alpha value is 0.932. The van der Waals surface area contributed by atoms with Gasteiger partial charge in [-0.15, -0.1) is 0 Å². The van der Waals surface area contributed by atoms with Gasteiger partial charge < -0.3 is 4.13 Å². The number of alkyl halides is 14. The fourth-order valence-corrected chi connectivity index (χ4v) is 4.16. The Balaban J connectivity index is 0. The molecule has 0 amide bonds. The fraction of sp³-hybridized carbons (Fsp3) is 1.00. The third-order valence-corrected chi connectivity index (χ3v) is 6.28. The smallest absolute Gasteiger partial charge is 0.429 e. The normalized spacial score (nSPS) is 15.9. The van der Waals surface area contributed by atoms with Crippen LogP contribution in [-0.4, -0.2) is 51.5 Å². The second-order valence-corrected chi connectivity index (χ2v) is 7.83. The molecule has 0 saturated carbocycles. The van der Waals surface area contributed by atoms with Gasteiger partial charge in [0.25, 0.3) is 0 Å². The summed E-state index contributed by atoms with van der Waals surface area (Å²) in [6.45, 7) is 0. The first kappa shape index (κ1) is 31.1. The van der Waals surface area contributed by atoms with E-state index in [4.69, 9.17) is 0 Å². The summed E-state index contributed by atoms with van der Waals surface area (Å²) < 4.78 is 216. The molecule has 0 aliphatic heterocycles. The van der Waals surface area contributed by atoms with Crippen LogP contribution in [0.25, 0.3) is 4.13 Å². The predicted molar refractivity (Wildman–Crippen MR) is 53.1 cm³/mol. The molecule has 28 heavy (non-hydrogen) atoms. The maximum atomic E-state index is 13.2. The Morgan fingerprint density at radius 1 is 0.429 bits per heavy atom. The van der Waals surface area contributed by atoms with E-state index < -0.39 is 54.8 Å². The maximum absolute atomic E-state index is 13.2. The molecular formula is C6CsF14NO4S2. The minimum atomic E-state index is -8.52. The predicted octanol–water partition coefficient (Wildman–Crippen LogP) is 0.605. The molecule has 0 fully saturated rings. The SMILES string of the molecule is O=S(=O)([N-]S(=O)(=O)C(F)(C(F)(F)F)C(F)(F)F)C(F)(C(F)(F)F)C(F)(F)F.[Cs+]. The van der Waals surface area contributed by atoms with E-state index in [1.807, 2.05) is 0 Å². The van der Waals surface area contributed by atoms with Crippen molar-refractivity contribution in [2.24, 2.45) is 0 Å². The van der Waals surface area contributed by atoms with Crippen molar-refractivity contribution in [3.8, 4) is 0 Å². The van der Waals surface area contributed by atoms with E-state index >= 15 is 0 Å². The molecule has 0 aliphatic carbocycles. The van der Waals surface area contributed by atoms with E-state index in [2.05, 4.69) is 0 Å². The largest absolute Gasteiger partial charge is 1.00 e. The fourth-order valence-electron chi connectivity index (χ4n) is 1.14. The Labute approximate surface area is 203 Å². The first-order valence-electron chi connectivity index (χ1n) is 5.09. The van der Waals surface area contributed by atoms with Crippen LogP contribution in [-0.2, 0) is 20.0 Å². The van der Waals surface area contributed by atoms with Crippen LogP contribution in [0.15, 0.2) is 0 Å². The summed E-state index contributed by atoms with van der Waals surface area (Å²) in [5.41, 5.74) is 0. The van der Waals surface area contributed by atoms with Gasteiger partial charge in [-0.25, -0.2) is 25.6 Å². The summed E-state index contributed by atoms with van der Waals surface area (Å²) in [6.07, 6.45) is -30.8. The van der Waals surface area contributed by atoms with Crippen LogP contribution >= 0.6 is 0 Å². The Kier molecular flexibility index (Phi) is 9.03. The molecule has 0 rings (SSSR count). The summed E-state index contributed by atoms with van der Waals surface area (Å²) in [5, 5.41) is -15.6. The van der Waals surface area contributed by atoms with E-state index in [-0.39, 0.29) is 73.0 Å². The van der Waals surface area contributed by atoms with Crippen molar-refractivity contribution >= 4 is 20.0 Å². The zero-order valence-corrected chi connectivity index (χ0v) is 20.1. The first-order chi connectivity index (χ1) is 11.2. The number of nitrogens with zero attached hydrogens (tertiary/aromatic N) is 1. The van der Waals surface area contributed by atoms with Crippen LogP contribution in [0.2, 0.25) is 0 Å². The standard InChI is InChI=1S/C6F14NO4S2.Cs/c7-1(3(9,10)11,4(12,13)14)26(22,23)21-27(24,25)2(8,5(15,16)17)6(18,19)20;/q-1;+1. The van der Waals surface area contributed by atoms with Gasteiger partial charge in [-0.05, 0) is 0 Å². The molecule has 0 heterocycles. The molecule has 164 valence electrons. The third kappa shape index (κ3) is 4.88. The van der Waals surface area contributed by atoms with Crippen LogP contribution < -0.4 is 68.9 Å². The van der Waals surface area contributed by atoms with Gasteiger partial charge in [-0.3, -0.25) is 0 Å². The van der Waals surface area contributed by atoms with E-state index in [0.717, 1.165) is 0 Å². The first-order valence-corrected chi connectivity index (χ1v) is 7.97. The molecule has 0 aromatic heterocycles. The van der Waals surface area contributed by atoms with E-state index in [9.17, 15) is 78.3 Å². The van der Waals surface area contributed by atoms with Gasteiger partial charge in [0.15, 0.2) is 0 Å². The monoisotopic (exact) mass is 613 g/mol. The minimum Gasteiger partial charge on any atom is -0.429 e. The van der Waals surface area contributed by atoms with Gasteiger partial charge in [-0.2, -0.15) is 52.7 Å². The average Bonchev–Trinajstić information content (AvgIpc) is 2.29. The summed E-state index contributed by atoms with van der Waals surface area (Å²) in [4.78, 5) is 0. The zero-order chi connectivity index (χ0) is 22.7. The third-order valence-electron chi connectivity index (χ3n) is 2.37. The van der Waals surface area contributed by atoms with Gasteiger partial charge >= 0.3 is 104 Å². The number of hydrogen-bond donors (Lipinski definition) is 0. The Bertz CT molecular complexity index is 681. The second-order valence-electron chi connectivity index (χ2n) is 4.21. The van der Waals surface area contributed by atoms with Gasteiger partial charge in [-0.1, -0.05) is 0 Å². The molecule has 0 radical (unpaired) electrons. The number of rotatable bonds is 4. The summed E-state index contributed by atoms with van der Waals surface area (Å²) >= 11 is 0. The summed E-state index contributed by atoms with van der Waals surface area (Å²) in [6, 6.07) is 0. The molecule has 0 bridgehead atoms. The van der Waals surface area contributed by atoms with Crippen LogP contribution in [0, 0.1) is 0 Å². The van der Waals surface area contributed by atoms with Gasteiger partial charge in [0.05, 0.1) is 0 Å². The summed E-state index contributed by atoms with van der Waals surface area (Å²) in [5.74, 6) is 0. The van der Waals surface area contributed by atoms with Crippen molar-refractivity contribution in [2.45, 2.75) is 34.7 Å². The Morgan fingerprint density at radius 2 is 0.571 bits per heavy atom. The van der Waals surface area contributed by atoms with E-state index in [1.165, 1.54) is 0 Å². The van der Waals surface area contributed by atoms with Crippen molar-refractivity contribution in [1.82, 2.24) is 0 Å². The zero-order valence-electron chi connectivity index (χ0n) is 12.2. The molecule has 0 saturated heterocycles. The summed E-state index contributed by atoms with van der Waals surface area (Å²) in [7, 11) is -17.0. The van der Waals surface area contributed by atoms with Crippen LogP contribution in [0.4, 0.5) is 61.5 Å². The van der Waals surface area contributed by atoms with Crippen molar-refractivity contribution in [2.75, 3.05) is 0 Å². The van der Waals surface area contributed by atoms with Gasteiger partial charge in [0.1, 0.15) is 20.0 Å². The van der Waals surface area contributed by atoms with Crippen molar-refractivity contribution < 1.29 is 147 Å². The number of halogens is 14. The number of sulfonamides is 2. The van der Waals surface area contributed by atoms with Crippen molar-refractivity contribution in [1.29, 1.82) is 0 Å². The van der Waals surface area contributed by atoms with Crippen molar-refractivity contribution in [3.63, 3.8) is 0 Å². The topological polar surface area (TPSA) is 82.4 Å². The van der Waals surface area contributed by atoms with Crippen LogP contribution in [0.1, 0.15) is 0 Å². The molecular weight excluding hydrogens is 613 g/mol. The van der Waals surface area contributed by atoms with E-state index in [0.29, 0.717) is 0 Å². The van der Waals surface area contributed by atoms with Crippen LogP contribution in [0.3, 0.4) is 0 Å². The molecule has 0 spiro atoms. The molecule has 0 atom stereocenters. The number of hydrogen-bond acceptors (Lipinski definition) is 4. The molecule has 0 unspecified atom stereocenters. The second kappa shape index (κ2) is 8.13. The van der Waals surface area contributed by atoms with Gasteiger partial charge in [0.2, 0.25) is 0 Å². The Morgan fingerprint density at radius 3 is 0.679 bits per heavy atom. The molecule has 0 aromatic rings. The molecule has 0 aliphatic rings. The quantitative estimate of drug-likeness (QED) is 0.436. The average molecular weight is 613 g/mol. The van der Waals surface area contributed by atoms with Crippen molar-refractivity contribution in [3.05, 3.63) is 4.13 Å². The molecule has 0 aromatic carbocycles. The molecule has 5 nitrogen and oxygen atoms in total. The molecule has 0 N–H and O–H groups in total. The van der Waals surface area contributed by atoms with Gasteiger partial charge in [0, 0.05) is 0 Å². The maximum Gasteiger partial charge on any atom is 1.00 e. The molecule has 22 heteroatoms. The van der Waals surface area contributed by atoms with E-state index in [1.54, 1.807) is 0 Å². The minimum absolute atomic E-state index is 0.